The number of hydrogen-bond acceptors (Lipinski definition) is 6. The van der Waals surface area contributed by atoms with Crippen molar-refractivity contribution in [1.29, 1.82) is 0 Å². The van der Waals surface area contributed by atoms with Crippen molar-refractivity contribution in [3.63, 3.8) is 0 Å². The van der Waals surface area contributed by atoms with Gasteiger partial charge in [0.1, 0.15) is 5.75 Å². The Hall–Kier alpha value is -2.05. The van der Waals surface area contributed by atoms with E-state index in [4.69, 9.17) is 4.74 Å². The summed E-state index contributed by atoms with van der Waals surface area (Å²) in [7, 11) is 1.33. The molecule has 0 aliphatic rings. The standard InChI is InChI=1S/C15H16N2O3S/c1-19-15(18)11-20-13-5-2-6-14(8-13)21-17-10-12-4-3-7-16-9-12/h2-9,17H,10-11H2,1H3. The molecular formula is C15H16N2O3S. The topological polar surface area (TPSA) is 60.5 Å². The summed E-state index contributed by atoms with van der Waals surface area (Å²) in [5.74, 6) is 0.233. The first-order valence-electron chi connectivity index (χ1n) is 6.36. The van der Waals surface area contributed by atoms with Crippen LogP contribution in [0.2, 0.25) is 0 Å². The van der Waals surface area contributed by atoms with Gasteiger partial charge < -0.3 is 9.47 Å². The smallest absolute Gasteiger partial charge is 0.343 e. The number of methoxy groups -OCH3 is 1. The summed E-state index contributed by atoms with van der Waals surface area (Å²) in [6, 6.07) is 11.4. The van der Waals surface area contributed by atoms with E-state index in [1.54, 1.807) is 12.3 Å². The van der Waals surface area contributed by atoms with Crippen molar-refractivity contribution in [3.05, 3.63) is 54.4 Å². The second-order valence-corrected chi connectivity index (χ2v) is 5.09. The fourth-order valence-corrected chi connectivity index (χ4v) is 2.26. The highest BCUT2D eigenvalue weighted by atomic mass is 32.2. The molecule has 0 radical (unpaired) electrons. The van der Waals surface area contributed by atoms with Crippen molar-refractivity contribution >= 4 is 17.9 Å². The van der Waals surface area contributed by atoms with Crippen LogP contribution in [-0.4, -0.2) is 24.7 Å². The van der Waals surface area contributed by atoms with Gasteiger partial charge in [-0.1, -0.05) is 12.1 Å². The van der Waals surface area contributed by atoms with Crippen molar-refractivity contribution in [2.45, 2.75) is 11.4 Å². The van der Waals surface area contributed by atoms with Crippen molar-refractivity contribution in [3.8, 4) is 5.75 Å². The molecule has 1 N–H and O–H groups in total. The average Bonchev–Trinajstić information content (AvgIpc) is 2.54. The van der Waals surface area contributed by atoms with Gasteiger partial charge in [0.2, 0.25) is 0 Å². The summed E-state index contributed by atoms with van der Waals surface area (Å²) in [5.41, 5.74) is 1.11. The summed E-state index contributed by atoms with van der Waals surface area (Å²) in [5, 5.41) is 0. The van der Waals surface area contributed by atoms with Gasteiger partial charge in [-0.3, -0.25) is 9.71 Å². The second-order valence-electron chi connectivity index (χ2n) is 4.12. The van der Waals surface area contributed by atoms with Crippen molar-refractivity contribution in [1.82, 2.24) is 9.71 Å². The van der Waals surface area contributed by atoms with E-state index in [0.29, 0.717) is 12.3 Å². The number of nitrogens with one attached hydrogen (secondary N) is 1. The van der Waals surface area contributed by atoms with Crippen molar-refractivity contribution in [2.75, 3.05) is 13.7 Å². The first-order valence-corrected chi connectivity index (χ1v) is 7.18. The Balaban J connectivity index is 1.82. The molecule has 1 aromatic carbocycles. The summed E-state index contributed by atoms with van der Waals surface area (Å²) >= 11 is 1.50. The molecule has 0 aliphatic heterocycles. The Morgan fingerprint density at radius 2 is 2.24 bits per heavy atom. The van der Waals surface area contributed by atoms with Crippen LogP contribution >= 0.6 is 11.9 Å². The van der Waals surface area contributed by atoms with Crippen LogP contribution in [0.1, 0.15) is 5.56 Å². The van der Waals surface area contributed by atoms with E-state index in [-0.39, 0.29) is 6.61 Å². The Labute approximate surface area is 127 Å². The predicted octanol–water partition coefficient (Wildman–Crippen LogP) is 2.43. The molecule has 2 aromatic rings. The zero-order valence-corrected chi connectivity index (χ0v) is 12.4. The molecule has 0 bridgehead atoms. The fourth-order valence-electron chi connectivity index (χ4n) is 1.53. The van der Waals surface area contributed by atoms with E-state index in [1.807, 2.05) is 36.5 Å². The lowest BCUT2D eigenvalue weighted by molar-refractivity contribution is -0.142. The predicted molar refractivity (Wildman–Crippen MR) is 80.9 cm³/mol. The highest BCUT2D eigenvalue weighted by Gasteiger charge is 2.03. The quantitative estimate of drug-likeness (QED) is 0.626. The Kier molecular flexibility index (Phi) is 6.05. The van der Waals surface area contributed by atoms with Gasteiger partial charge in [0.25, 0.3) is 0 Å². The number of ether oxygens (including phenoxy) is 2. The van der Waals surface area contributed by atoms with E-state index < -0.39 is 5.97 Å². The van der Waals surface area contributed by atoms with E-state index >= 15 is 0 Å². The lowest BCUT2D eigenvalue weighted by atomic mass is 10.3. The van der Waals surface area contributed by atoms with E-state index in [0.717, 1.165) is 10.5 Å². The molecule has 0 aliphatic carbocycles. The maximum Gasteiger partial charge on any atom is 0.343 e. The zero-order chi connectivity index (χ0) is 14.9. The molecule has 0 amide bonds. The minimum absolute atomic E-state index is 0.0896. The molecule has 0 atom stereocenters. The normalized spacial score (nSPS) is 10.1. The van der Waals surface area contributed by atoms with Crippen LogP contribution in [0, 0.1) is 0 Å². The third kappa shape index (κ3) is 5.45. The summed E-state index contributed by atoms with van der Waals surface area (Å²) < 4.78 is 13.1. The number of esters is 1. The summed E-state index contributed by atoms with van der Waals surface area (Å²) in [6.07, 6.45) is 3.57. The highest BCUT2D eigenvalue weighted by Crippen LogP contribution is 2.21. The van der Waals surface area contributed by atoms with Crippen LogP contribution < -0.4 is 9.46 Å². The zero-order valence-electron chi connectivity index (χ0n) is 11.6. The van der Waals surface area contributed by atoms with Gasteiger partial charge in [-0.05, 0) is 41.8 Å². The Bertz CT molecular complexity index is 578. The molecule has 0 fully saturated rings. The molecular weight excluding hydrogens is 288 g/mol. The fraction of sp³-hybridized carbons (Fsp3) is 0.200. The average molecular weight is 304 g/mol. The second kappa shape index (κ2) is 8.28. The number of nitrogens with zero attached hydrogens (tertiary/aromatic N) is 1. The van der Waals surface area contributed by atoms with E-state index in [9.17, 15) is 4.79 Å². The maximum atomic E-state index is 11.0. The SMILES string of the molecule is COC(=O)COc1cccc(SNCc2cccnc2)c1. The molecule has 21 heavy (non-hydrogen) atoms. The van der Waals surface area contributed by atoms with Gasteiger partial charge in [0.15, 0.2) is 6.61 Å². The van der Waals surface area contributed by atoms with Crippen molar-refractivity contribution in [2.24, 2.45) is 0 Å². The molecule has 5 nitrogen and oxygen atoms in total. The van der Waals surface area contributed by atoms with Gasteiger partial charge in [0, 0.05) is 23.8 Å². The molecule has 0 saturated carbocycles. The van der Waals surface area contributed by atoms with E-state index in [1.165, 1.54) is 19.1 Å². The lowest BCUT2D eigenvalue weighted by Crippen LogP contribution is -2.12. The minimum atomic E-state index is -0.400. The van der Waals surface area contributed by atoms with Crippen molar-refractivity contribution < 1.29 is 14.3 Å². The largest absolute Gasteiger partial charge is 0.482 e. The van der Waals surface area contributed by atoms with Crippen LogP contribution in [-0.2, 0) is 16.1 Å². The number of aromatic nitrogens is 1. The molecule has 6 heteroatoms. The summed E-state index contributed by atoms with van der Waals surface area (Å²) in [4.78, 5) is 16.1. The molecule has 0 saturated heterocycles. The van der Waals surface area contributed by atoms with Crippen LogP contribution in [0.15, 0.2) is 53.7 Å². The maximum absolute atomic E-state index is 11.0. The first-order chi connectivity index (χ1) is 10.3. The molecule has 110 valence electrons. The highest BCUT2D eigenvalue weighted by molar-refractivity contribution is 7.97. The van der Waals surface area contributed by atoms with Crippen LogP contribution in [0.25, 0.3) is 0 Å². The molecule has 1 heterocycles. The van der Waals surface area contributed by atoms with Gasteiger partial charge in [-0.25, -0.2) is 4.79 Å². The van der Waals surface area contributed by atoms with Gasteiger partial charge in [0.05, 0.1) is 7.11 Å². The Morgan fingerprint density at radius 3 is 3.00 bits per heavy atom. The number of rotatable bonds is 7. The third-order valence-corrected chi connectivity index (χ3v) is 3.36. The number of carbonyl (C=O) groups is 1. The Morgan fingerprint density at radius 1 is 1.33 bits per heavy atom. The van der Waals surface area contributed by atoms with Crippen LogP contribution in [0.4, 0.5) is 0 Å². The number of pyridine rings is 1. The molecule has 0 unspecified atom stereocenters. The minimum Gasteiger partial charge on any atom is -0.482 e. The molecule has 0 spiro atoms. The van der Waals surface area contributed by atoms with Gasteiger partial charge in [-0.15, -0.1) is 0 Å². The third-order valence-electron chi connectivity index (χ3n) is 2.58. The number of benzene rings is 1. The molecule has 2 rings (SSSR count). The van der Waals surface area contributed by atoms with Gasteiger partial charge >= 0.3 is 5.97 Å². The molecule has 1 aromatic heterocycles. The number of carbonyl (C=O) groups excluding carboxylic acids is 1. The monoisotopic (exact) mass is 304 g/mol. The van der Waals surface area contributed by atoms with E-state index in [2.05, 4.69) is 14.4 Å². The van der Waals surface area contributed by atoms with Gasteiger partial charge in [-0.2, -0.15) is 0 Å². The lowest BCUT2D eigenvalue weighted by Gasteiger charge is -2.07. The number of hydrogen-bond donors (Lipinski definition) is 1. The first kappa shape index (κ1) is 15.3. The van der Waals surface area contributed by atoms with Crippen LogP contribution in [0.3, 0.4) is 0 Å². The summed E-state index contributed by atoms with van der Waals surface area (Å²) in [6.45, 7) is 0.624. The van der Waals surface area contributed by atoms with Crippen LogP contribution in [0.5, 0.6) is 5.75 Å².